The minimum absolute atomic E-state index is 0.316. The smallest absolute Gasteiger partial charge is 0.409 e. The lowest BCUT2D eigenvalue weighted by molar-refractivity contribution is 0.0792. The summed E-state index contributed by atoms with van der Waals surface area (Å²) in [4.78, 5) is 18.0. The van der Waals surface area contributed by atoms with Crippen molar-refractivity contribution >= 4 is 16.1 Å². The average Bonchev–Trinajstić information content (AvgIpc) is 2.68. The van der Waals surface area contributed by atoms with Crippen LogP contribution in [0.25, 0.3) is 11.1 Å². The number of nitrogens with zero attached hydrogens (tertiary/aromatic N) is 2. The molecule has 8 heteroatoms. The van der Waals surface area contributed by atoms with Crippen molar-refractivity contribution in [3.63, 3.8) is 0 Å². The summed E-state index contributed by atoms with van der Waals surface area (Å²) in [6.45, 7) is 0.545. The zero-order valence-electron chi connectivity index (χ0n) is 16.0. The lowest BCUT2D eigenvalue weighted by Gasteiger charge is -2.40. The number of nitrogens with one attached hydrogen (secondary N) is 1. The molecule has 2 aromatic rings. The molecule has 1 aromatic heterocycles. The molecule has 2 heterocycles. The highest BCUT2D eigenvalue weighted by Crippen LogP contribution is 2.25. The summed E-state index contributed by atoms with van der Waals surface area (Å²) in [6.07, 6.45) is 6.12. The molecule has 1 aromatic carbocycles. The fourth-order valence-corrected chi connectivity index (χ4v) is 4.55. The number of pyridine rings is 1. The van der Waals surface area contributed by atoms with Crippen LogP contribution in [-0.2, 0) is 21.2 Å². The number of amides is 1. The Morgan fingerprint density at radius 3 is 2.68 bits per heavy atom. The molecule has 0 radical (unpaired) electrons. The van der Waals surface area contributed by atoms with E-state index in [4.69, 9.17) is 4.74 Å². The van der Waals surface area contributed by atoms with Crippen molar-refractivity contribution < 1.29 is 17.9 Å². The third-order valence-electron chi connectivity index (χ3n) is 4.94. The number of hydrogen-bond donors (Lipinski definition) is 1. The van der Waals surface area contributed by atoms with E-state index in [1.165, 1.54) is 7.11 Å². The van der Waals surface area contributed by atoms with Gasteiger partial charge in [-0.3, -0.25) is 4.98 Å². The summed E-state index contributed by atoms with van der Waals surface area (Å²) in [5.41, 5.74) is 3.12. The number of benzene rings is 1. The molecule has 0 unspecified atom stereocenters. The topological polar surface area (TPSA) is 88.6 Å². The van der Waals surface area contributed by atoms with Crippen LogP contribution >= 0.6 is 0 Å². The van der Waals surface area contributed by atoms with Crippen LogP contribution in [-0.4, -0.2) is 56.4 Å². The van der Waals surface area contributed by atoms with Gasteiger partial charge in [0, 0.05) is 25.0 Å². The van der Waals surface area contributed by atoms with Crippen molar-refractivity contribution in [2.24, 2.45) is 0 Å². The van der Waals surface area contributed by atoms with Crippen LogP contribution in [0.1, 0.15) is 18.4 Å². The van der Waals surface area contributed by atoms with E-state index in [9.17, 15) is 13.2 Å². The first-order valence-electron chi connectivity index (χ1n) is 9.18. The molecule has 1 N–H and O–H groups in total. The van der Waals surface area contributed by atoms with Gasteiger partial charge in [0.15, 0.2) is 0 Å². The van der Waals surface area contributed by atoms with Gasteiger partial charge in [0.2, 0.25) is 10.0 Å². The van der Waals surface area contributed by atoms with E-state index in [1.54, 1.807) is 17.3 Å². The summed E-state index contributed by atoms with van der Waals surface area (Å²) in [6, 6.07) is 11.3. The number of carbonyl (C=O) groups is 1. The Labute approximate surface area is 165 Å². The van der Waals surface area contributed by atoms with Gasteiger partial charge in [0.1, 0.15) is 0 Å². The lowest BCUT2D eigenvalue weighted by Crippen LogP contribution is -2.57. The molecule has 28 heavy (non-hydrogen) atoms. The molecule has 0 spiro atoms. The molecule has 1 aliphatic rings. The predicted octanol–water partition coefficient (Wildman–Crippen LogP) is 2.44. The van der Waals surface area contributed by atoms with Crippen molar-refractivity contribution in [1.82, 2.24) is 14.6 Å². The maximum absolute atomic E-state index is 12.3. The highest BCUT2D eigenvalue weighted by molar-refractivity contribution is 7.88. The molecule has 2 atom stereocenters. The quantitative estimate of drug-likeness (QED) is 0.828. The third kappa shape index (κ3) is 5.08. The highest BCUT2D eigenvalue weighted by atomic mass is 32.2. The van der Waals surface area contributed by atoms with Crippen molar-refractivity contribution in [3.05, 3.63) is 54.4 Å². The van der Waals surface area contributed by atoms with Crippen LogP contribution in [0.3, 0.4) is 0 Å². The summed E-state index contributed by atoms with van der Waals surface area (Å²) < 4.78 is 31.3. The lowest BCUT2D eigenvalue weighted by atomic mass is 9.91. The molecule has 1 amide bonds. The van der Waals surface area contributed by atoms with Crippen molar-refractivity contribution in [2.75, 3.05) is 19.9 Å². The van der Waals surface area contributed by atoms with Crippen LogP contribution in [0, 0.1) is 0 Å². The highest BCUT2D eigenvalue weighted by Gasteiger charge is 2.36. The van der Waals surface area contributed by atoms with Gasteiger partial charge in [-0.1, -0.05) is 24.3 Å². The minimum Gasteiger partial charge on any atom is -0.453 e. The van der Waals surface area contributed by atoms with E-state index in [-0.39, 0.29) is 12.1 Å². The van der Waals surface area contributed by atoms with Crippen LogP contribution in [0.15, 0.2) is 48.8 Å². The van der Waals surface area contributed by atoms with E-state index in [0.29, 0.717) is 19.4 Å². The SMILES string of the molecule is COC(=O)N1CCC[C@H](NS(C)(=O)=O)[C@@H]1Cc1cccc(-c2ccncc2)c1. The van der Waals surface area contributed by atoms with Crippen molar-refractivity contribution in [2.45, 2.75) is 31.3 Å². The number of rotatable bonds is 5. The summed E-state index contributed by atoms with van der Waals surface area (Å²) in [5, 5.41) is 0. The third-order valence-corrected chi connectivity index (χ3v) is 5.67. The Hall–Kier alpha value is -2.45. The van der Waals surface area contributed by atoms with Crippen LogP contribution in [0.5, 0.6) is 0 Å². The molecular weight excluding hydrogens is 378 g/mol. The number of ether oxygens (including phenoxy) is 1. The standard InChI is InChI=1S/C20H25N3O4S/c1-27-20(24)23-12-4-7-18(22-28(2,25)26)19(23)14-15-5-3-6-17(13-15)16-8-10-21-11-9-16/h3,5-6,8-11,13,18-19,22H,4,7,12,14H2,1-2H3/t18-,19-/m0/s1. The molecule has 1 aliphatic heterocycles. The van der Waals surface area contributed by atoms with E-state index in [2.05, 4.69) is 15.8 Å². The molecule has 150 valence electrons. The second kappa shape index (κ2) is 8.70. The maximum atomic E-state index is 12.3. The van der Waals surface area contributed by atoms with Gasteiger partial charge in [-0.2, -0.15) is 0 Å². The van der Waals surface area contributed by atoms with Crippen LogP contribution in [0.2, 0.25) is 0 Å². The first-order valence-corrected chi connectivity index (χ1v) is 11.1. The molecule has 0 saturated carbocycles. The second-order valence-electron chi connectivity index (χ2n) is 7.01. The van der Waals surface area contributed by atoms with E-state index in [1.807, 2.05) is 30.3 Å². The van der Waals surface area contributed by atoms with Gasteiger partial charge in [-0.15, -0.1) is 0 Å². The van der Waals surface area contributed by atoms with Gasteiger partial charge < -0.3 is 9.64 Å². The first-order chi connectivity index (χ1) is 13.4. The fraction of sp³-hybridized carbons (Fsp3) is 0.400. The molecule has 1 saturated heterocycles. The first kappa shape index (κ1) is 20.3. The molecule has 0 aliphatic carbocycles. The minimum atomic E-state index is -3.39. The Morgan fingerprint density at radius 2 is 2.00 bits per heavy atom. The van der Waals surface area contributed by atoms with Gasteiger partial charge >= 0.3 is 6.09 Å². The Kier molecular flexibility index (Phi) is 6.31. The normalized spacial score (nSPS) is 20.0. The molecule has 1 fully saturated rings. The van der Waals surface area contributed by atoms with Crippen LogP contribution < -0.4 is 4.72 Å². The second-order valence-corrected chi connectivity index (χ2v) is 8.79. The van der Waals surface area contributed by atoms with E-state index >= 15 is 0 Å². The van der Waals surface area contributed by atoms with Gasteiger partial charge in [-0.25, -0.2) is 17.9 Å². The zero-order valence-corrected chi connectivity index (χ0v) is 16.9. The Bertz CT molecular complexity index is 918. The summed E-state index contributed by atoms with van der Waals surface area (Å²) in [7, 11) is -2.05. The van der Waals surface area contributed by atoms with Crippen molar-refractivity contribution in [3.8, 4) is 11.1 Å². The molecule has 7 nitrogen and oxygen atoms in total. The van der Waals surface area contributed by atoms with Gasteiger partial charge in [0.05, 0.1) is 19.4 Å². The fourth-order valence-electron chi connectivity index (χ4n) is 3.73. The van der Waals surface area contributed by atoms with Crippen molar-refractivity contribution in [1.29, 1.82) is 0 Å². The average molecular weight is 404 g/mol. The monoisotopic (exact) mass is 403 g/mol. The predicted molar refractivity (Wildman–Crippen MR) is 107 cm³/mol. The van der Waals surface area contributed by atoms with Gasteiger partial charge in [0.25, 0.3) is 0 Å². The van der Waals surface area contributed by atoms with Crippen LogP contribution in [0.4, 0.5) is 4.79 Å². The number of carbonyl (C=O) groups excluding carboxylic acids is 1. The molecule has 0 bridgehead atoms. The molecule has 3 rings (SSSR count). The summed E-state index contributed by atoms with van der Waals surface area (Å²) >= 11 is 0. The number of likely N-dealkylation sites (tertiary alicyclic amines) is 1. The maximum Gasteiger partial charge on any atom is 0.409 e. The zero-order chi connectivity index (χ0) is 20.1. The largest absolute Gasteiger partial charge is 0.453 e. The number of piperidine rings is 1. The number of aromatic nitrogens is 1. The Balaban J connectivity index is 1.89. The number of hydrogen-bond acceptors (Lipinski definition) is 5. The molecular formula is C20H25N3O4S. The number of methoxy groups -OCH3 is 1. The van der Waals surface area contributed by atoms with E-state index in [0.717, 1.165) is 29.4 Å². The van der Waals surface area contributed by atoms with Gasteiger partial charge in [-0.05, 0) is 48.1 Å². The number of sulfonamides is 1. The Morgan fingerprint density at radius 1 is 1.25 bits per heavy atom. The van der Waals surface area contributed by atoms with E-state index < -0.39 is 16.1 Å². The summed E-state index contributed by atoms with van der Waals surface area (Å²) in [5.74, 6) is 0.